The summed E-state index contributed by atoms with van der Waals surface area (Å²) in [7, 11) is 1.48. The van der Waals surface area contributed by atoms with Crippen molar-refractivity contribution in [3.63, 3.8) is 0 Å². The summed E-state index contributed by atoms with van der Waals surface area (Å²) in [5.41, 5.74) is 5.85. The first-order valence-electron chi connectivity index (χ1n) is 12.7. The van der Waals surface area contributed by atoms with Gasteiger partial charge in [0.05, 0.1) is 11.3 Å². The maximum atomic E-state index is 14.6. The molecule has 0 spiro atoms. The molecule has 1 aromatic heterocycles. The largest absolute Gasteiger partial charge is 0.417 e. The SMILES string of the molecule is CN=CC(=C(N)C(=O)C1CCCC(F)(F)C[C@@H](C)C(CNc2ccc(C(F)(F)F)cn2)C1)c1cccc(F)c1. The Morgan fingerprint density at radius 2 is 2.00 bits per heavy atom. The van der Waals surface area contributed by atoms with E-state index >= 15 is 0 Å². The van der Waals surface area contributed by atoms with Crippen LogP contribution in [0.25, 0.3) is 5.57 Å². The predicted octanol–water partition coefficient (Wildman–Crippen LogP) is 6.76. The highest BCUT2D eigenvalue weighted by Crippen LogP contribution is 2.39. The third-order valence-corrected chi connectivity index (χ3v) is 7.06. The molecule has 1 saturated carbocycles. The number of ketones is 1. The molecule has 2 aromatic rings. The molecule has 3 N–H and O–H groups in total. The van der Waals surface area contributed by atoms with E-state index in [-0.39, 0.29) is 55.7 Å². The second kappa shape index (κ2) is 12.7. The monoisotopic (exact) mass is 554 g/mol. The van der Waals surface area contributed by atoms with Gasteiger partial charge in [0.25, 0.3) is 0 Å². The molecule has 0 bridgehead atoms. The van der Waals surface area contributed by atoms with Crippen molar-refractivity contribution in [1.82, 2.24) is 4.98 Å². The normalized spacial score (nSPS) is 22.9. The van der Waals surface area contributed by atoms with Crippen LogP contribution in [-0.4, -0.2) is 36.5 Å². The van der Waals surface area contributed by atoms with E-state index in [1.807, 2.05) is 0 Å². The topological polar surface area (TPSA) is 80.4 Å². The van der Waals surface area contributed by atoms with Crippen LogP contribution in [0.15, 0.2) is 53.3 Å². The van der Waals surface area contributed by atoms with Gasteiger partial charge in [-0.2, -0.15) is 13.2 Å². The molecule has 2 unspecified atom stereocenters. The van der Waals surface area contributed by atoms with Crippen LogP contribution >= 0.6 is 0 Å². The Morgan fingerprint density at radius 1 is 1.26 bits per heavy atom. The van der Waals surface area contributed by atoms with Crippen LogP contribution in [0.1, 0.15) is 50.2 Å². The molecule has 1 fully saturated rings. The van der Waals surface area contributed by atoms with Crippen molar-refractivity contribution in [3.8, 4) is 0 Å². The quantitative estimate of drug-likeness (QED) is 0.225. The van der Waals surface area contributed by atoms with E-state index in [1.54, 1.807) is 13.0 Å². The molecule has 1 aliphatic carbocycles. The summed E-state index contributed by atoms with van der Waals surface area (Å²) < 4.78 is 81.7. The average Bonchev–Trinajstić information content (AvgIpc) is 2.92. The number of pyridine rings is 1. The van der Waals surface area contributed by atoms with Crippen molar-refractivity contribution < 1.29 is 31.1 Å². The van der Waals surface area contributed by atoms with Gasteiger partial charge in [-0.15, -0.1) is 0 Å². The molecule has 212 valence electrons. The van der Waals surface area contributed by atoms with Gasteiger partial charge >= 0.3 is 6.18 Å². The smallest absolute Gasteiger partial charge is 0.395 e. The van der Waals surface area contributed by atoms with Crippen LogP contribution < -0.4 is 11.1 Å². The molecule has 1 aromatic carbocycles. The zero-order chi connectivity index (χ0) is 28.8. The minimum absolute atomic E-state index is 0.112. The van der Waals surface area contributed by atoms with Crippen LogP contribution in [0.2, 0.25) is 0 Å². The second-order valence-corrected chi connectivity index (χ2v) is 10.0. The number of nitrogens with two attached hydrogens (primary N) is 1. The Kier molecular flexibility index (Phi) is 9.79. The number of anilines is 1. The highest BCUT2D eigenvalue weighted by Gasteiger charge is 2.38. The zero-order valence-corrected chi connectivity index (χ0v) is 21.7. The van der Waals surface area contributed by atoms with E-state index in [4.69, 9.17) is 5.73 Å². The van der Waals surface area contributed by atoms with Gasteiger partial charge in [-0.1, -0.05) is 19.1 Å². The maximum absolute atomic E-state index is 14.6. The first-order valence-corrected chi connectivity index (χ1v) is 12.7. The molecule has 0 amide bonds. The van der Waals surface area contributed by atoms with Gasteiger partial charge in [0.2, 0.25) is 5.92 Å². The molecule has 1 heterocycles. The maximum Gasteiger partial charge on any atom is 0.417 e. The lowest BCUT2D eigenvalue weighted by Crippen LogP contribution is -2.31. The van der Waals surface area contributed by atoms with E-state index in [9.17, 15) is 31.1 Å². The number of aliphatic imine (C=N–C) groups is 1. The number of aromatic nitrogens is 1. The van der Waals surface area contributed by atoms with Crippen LogP contribution in [0, 0.1) is 23.6 Å². The number of allylic oxidation sites excluding steroid dienone is 2. The van der Waals surface area contributed by atoms with Crippen LogP contribution in [0.3, 0.4) is 0 Å². The van der Waals surface area contributed by atoms with Gasteiger partial charge in [-0.3, -0.25) is 9.79 Å². The van der Waals surface area contributed by atoms with E-state index in [1.165, 1.54) is 37.5 Å². The number of carbonyl (C=O) groups excluding carboxylic acids is 1. The van der Waals surface area contributed by atoms with E-state index in [0.29, 0.717) is 11.8 Å². The minimum atomic E-state index is -4.53. The van der Waals surface area contributed by atoms with Crippen LogP contribution in [0.5, 0.6) is 0 Å². The first-order chi connectivity index (χ1) is 18.3. The standard InChI is InChI=1S/C28H32F6N4O/c1-17-13-27(30,31)10-4-6-19(11-20(17)14-37-24-9-8-21(15-38-24)28(32,33)34)26(39)25(35)23(16-36-2)18-5-3-7-22(29)12-18/h3,5,7-9,12,15-17,19-20H,4,6,10-11,13-14,35H2,1-2H3,(H,37,38)/t17-,19?,20?/m1/s1. The number of nitrogens with one attached hydrogen (secondary N) is 1. The molecule has 0 radical (unpaired) electrons. The predicted molar refractivity (Wildman–Crippen MR) is 139 cm³/mol. The van der Waals surface area contributed by atoms with E-state index in [2.05, 4.69) is 15.3 Å². The first kappa shape index (κ1) is 30.2. The van der Waals surface area contributed by atoms with Crippen molar-refractivity contribution in [3.05, 3.63) is 65.2 Å². The van der Waals surface area contributed by atoms with Gasteiger partial charge in [0, 0.05) is 50.3 Å². The fraction of sp³-hybridized carbons (Fsp3) is 0.464. The number of alkyl halides is 5. The van der Waals surface area contributed by atoms with E-state index < -0.39 is 47.0 Å². The fourth-order valence-corrected chi connectivity index (χ4v) is 4.92. The highest BCUT2D eigenvalue weighted by molar-refractivity contribution is 6.19. The summed E-state index contributed by atoms with van der Waals surface area (Å²) in [5, 5.41) is 2.94. The zero-order valence-electron chi connectivity index (χ0n) is 21.7. The number of nitrogens with zero attached hydrogens (tertiary/aromatic N) is 2. The third-order valence-electron chi connectivity index (χ3n) is 7.06. The number of Topliss-reactive ketones (excluding diaryl/α,β-unsaturated/α-hetero) is 1. The summed E-state index contributed by atoms with van der Waals surface area (Å²) in [4.78, 5) is 21.3. The number of rotatable bonds is 7. The molecule has 3 rings (SSSR count). The van der Waals surface area contributed by atoms with E-state index in [0.717, 1.165) is 6.07 Å². The Labute approximate surface area is 223 Å². The second-order valence-electron chi connectivity index (χ2n) is 10.0. The summed E-state index contributed by atoms with van der Waals surface area (Å²) in [6.45, 7) is 1.80. The molecule has 39 heavy (non-hydrogen) atoms. The lowest BCUT2D eigenvalue weighted by atomic mass is 9.80. The molecular weight excluding hydrogens is 522 g/mol. The minimum Gasteiger partial charge on any atom is -0.395 e. The molecule has 3 atom stereocenters. The van der Waals surface area contributed by atoms with Crippen molar-refractivity contribution in [2.45, 2.75) is 51.1 Å². The molecule has 0 saturated heterocycles. The molecule has 0 aliphatic heterocycles. The van der Waals surface area contributed by atoms with Crippen molar-refractivity contribution in [1.29, 1.82) is 0 Å². The van der Waals surface area contributed by atoms with Crippen molar-refractivity contribution in [2.24, 2.45) is 28.5 Å². The molecule has 1 aliphatic rings. The Hall–Kier alpha value is -3.37. The number of carbonyl (C=O) groups is 1. The summed E-state index contributed by atoms with van der Waals surface area (Å²) in [5.74, 6) is -5.36. The van der Waals surface area contributed by atoms with Crippen molar-refractivity contribution in [2.75, 3.05) is 18.9 Å². The van der Waals surface area contributed by atoms with Gasteiger partial charge in [0.1, 0.15) is 11.6 Å². The summed E-state index contributed by atoms with van der Waals surface area (Å²) in [6.07, 6.45) is -2.71. The number of hydrogen-bond acceptors (Lipinski definition) is 5. The van der Waals surface area contributed by atoms with Gasteiger partial charge in [0.15, 0.2) is 5.78 Å². The van der Waals surface area contributed by atoms with Gasteiger partial charge in [-0.05, 0) is 60.9 Å². The lowest BCUT2D eigenvalue weighted by Gasteiger charge is -2.29. The van der Waals surface area contributed by atoms with Crippen LogP contribution in [0.4, 0.5) is 32.2 Å². The molecule has 11 heteroatoms. The molecular formula is C28H32F6N4O. The molecule has 5 nitrogen and oxygen atoms in total. The van der Waals surface area contributed by atoms with Gasteiger partial charge < -0.3 is 11.1 Å². The van der Waals surface area contributed by atoms with Gasteiger partial charge in [-0.25, -0.2) is 18.2 Å². The Balaban J connectivity index is 1.88. The third kappa shape index (κ3) is 8.31. The number of hydrogen-bond donors (Lipinski definition) is 2. The summed E-state index contributed by atoms with van der Waals surface area (Å²) in [6, 6.07) is 7.62. The average molecular weight is 555 g/mol. The highest BCUT2D eigenvalue weighted by atomic mass is 19.4. The fourth-order valence-electron chi connectivity index (χ4n) is 4.92. The van der Waals surface area contributed by atoms with Crippen LogP contribution in [-0.2, 0) is 11.0 Å². The Bertz CT molecular complexity index is 1190. The van der Waals surface area contributed by atoms with Crippen molar-refractivity contribution >= 4 is 23.4 Å². The number of halogens is 6. The Morgan fingerprint density at radius 3 is 2.62 bits per heavy atom. The number of benzene rings is 1. The lowest BCUT2D eigenvalue weighted by molar-refractivity contribution is -0.137. The summed E-state index contributed by atoms with van der Waals surface area (Å²) >= 11 is 0.